The number of methoxy groups -OCH3 is 1. The van der Waals surface area contributed by atoms with Gasteiger partial charge in [0.2, 0.25) is 6.17 Å². The minimum Gasteiger partial charge on any atom is -0.497 e. The number of carboxylic acids is 1. The molecule has 1 unspecified atom stereocenters. The number of halogens is 1. The minimum atomic E-state index is -1.56. The van der Waals surface area contributed by atoms with Gasteiger partial charge in [-0.1, -0.05) is 11.8 Å². The summed E-state index contributed by atoms with van der Waals surface area (Å²) in [6.07, 6.45) is -1.26. The number of fused-ring (bicyclic) bond motifs is 1. The molecular formula is C19H21IN6O5S. The second-order valence-corrected chi connectivity index (χ2v) is 9.65. The summed E-state index contributed by atoms with van der Waals surface area (Å²) in [7, 11) is 1.55. The summed E-state index contributed by atoms with van der Waals surface area (Å²) >= 11 is 3.33. The van der Waals surface area contributed by atoms with Crippen LogP contribution in [0, 0.1) is 3.57 Å². The lowest BCUT2D eigenvalue weighted by Crippen LogP contribution is -2.41. The Labute approximate surface area is 201 Å². The third-order valence-corrected chi connectivity index (χ3v) is 6.29. The molecule has 1 atom stereocenters. The lowest BCUT2D eigenvalue weighted by atomic mass is 10.2. The van der Waals surface area contributed by atoms with E-state index < -0.39 is 23.8 Å². The van der Waals surface area contributed by atoms with Crippen LogP contribution in [-0.2, 0) is 9.53 Å². The zero-order chi connectivity index (χ0) is 23.6. The molecule has 0 aliphatic heterocycles. The maximum atomic E-state index is 12.4. The summed E-state index contributed by atoms with van der Waals surface area (Å²) in [5.41, 5.74) is 5.50. The number of ether oxygens (including phenoxy) is 2. The second-order valence-electron chi connectivity index (χ2n) is 7.48. The zero-order valence-corrected chi connectivity index (χ0v) is 20.6. The monoisotopic (exact) mass is 572 g/mol. The molecule has 0 aliphatic carbocycles. The number of nitrogens with two attached hydrogens (primary N) is 1. The van der Waals surface area contributed by atoms with Crippen molar-refractivity contribution in [1.29, 1.82) is 0 Å². The highest BCUT2D eigenvalue weighted by Crippen LogP contribution is 2.36. The van der Waals surface area contributed by atoms with E-state index in [-0.39, 0.29) is 22.1 Å². The number of benzene rings is 1. The van der Waals surface area contributed by atoms with Crippen molar-refractivity contribution in [1.82, 2.24) is 24.8 Å². The Morgan fingerprint density at radius 1 is 1.31 bits per heavy atom. The molecule has 0 fully saturated rings. The first kappa shape index (κ1) is 23.8. The molecule has 0 spiro atoms. The minimum absolute atomic E-state index is 0.0809. The number of alkyl carbamates (subject to hydrolysis) is 1. The highest BCUT2D eigenvalue weighted by atomic mass is 127. The van der Waals surface area contributed by atoms with E-state index in [2.05, 4.69) is 42.9 Å². The maximum absolute atomic E-state index is 12.4. The standard InChI is InChI=1S/C19H21IN6O5S/c1-19(2,3)31-18(29)25-15(16(27)28)26-14-12(13(21)22-8-23-14)24-17(26)32-11-7-9(30-4)5-6-10(11)20/h5-8,15H,1-4H3,(H,25,29)(H,27,28)(H2,21,22,23). The number of hydrogen-bond donors (Lipinski definition) is 3. The van der Waals surface area contributed by atoms with E-state index in [9.17, 15) is 14.7 Å². The largest absolute Gasteiger partial charge is 0.497 e. The predicted molar refractivity (Wildman–Crippen MR) is 126 cm³/mol. The number of nitrogens with one attached hydrogen (secondary N) is 1. The fourth-order valence-electron chi connectivity index (χ4n) is 2.65. The van der Waals surface area contributed by atoms with Gasteiger partial charge in [0.1, 0.15) is 17.7 Å². The number of rotatable bonds is 6. The van der Waals surface area contributed by atoms with Crippen molar-refractivity contribution in [3.63, 3.8) is 0 Å². The zero-order valence-electron chi connectivity index (χ0n) is 17.6. The van der Waals surface area contributed by atoms with E-state index in [0.29, 0.717) is 5.75 Å². The van der Waals surface area contributed by atoms with Crippen LogP contribution in [0.1, 0.15) is 26.9 Å². The van der Waals surface area contributed by atoms with Gasteiger partial charge >= 0.3 is 12.1 Å². The van der Waals surface area contributed by atoms with Crippen molar-refractivity contribution < 1.29 is 24.2 Å². The molecule has 0 aliphatic rings. The molecule has 3 rings (SSSR count). The van der Waals surface area contributed by atoms with Gasteiger partial charge in [0.05, 0.1) is 7.11 Å². The Kier molecular flexibility index (Phi) is 6.97. The van der Waals surface area contributed by atoms with Crippen molar-refractivity contribution in [3.8, 4) is 5.75 Å². The number of carbonyl (C=O) groups is 2. The third kappa shape index (κ3) is 5.32. The van der Waals surface area contributed by atoms with Gasteiger partial charge in [-0.15, -0.1) is 0 Å². The van der Waals surface area contributed by atoms with Crippen LogP contribution >= 0.6 is 34.4 Å². The van der Waals surface area contributed by atoms with Gasteiger partial charge in [0.25, 0.3) is 0 Å². The van der Waals surface area contributed by atoms with Gasteiger partial charge in [-0.05, 0) is 61.6 Å². The third-order valence-electron chi connectivity index (χ3n) is 3.96. The Balaban J connectivity index is 2.12. The summed E-state index contributed by atoms with van der Waals surface area (Å²) in [6, 6.07) is 5.46. The first-order valence-electron chi connectivity index (χ1n) is 9.22. The van der Waals surface area contributed by atoms with Gasteiger partial charge < -0.3 is 20.3 Å². The van der Waals surface area contributed by atoms with Gasteiger partial charge in [-0.3, -0.25) is 9.88 Å². The molecule has 0 saturated heterocycles. The molecule has 2 heterocycles. The molecule has 4 N–H and O–H groups in total. The summed E-state index contributed by atoms with van der Waals surface area (Å²) in [4.78, 5) is 37.9. The summed E-state index contributed by atoms with van der Waals surface area (Å²) in [6.45, 7) is 5.03. The second kappa shape index (κ2) is 9.36. The highest BCUT2D eigenvalue weighted by Gasteiger charge is 2.31. The van der Waals surface area contributed by atoms with E-state index in [1.165, 1.54) is 22.7 Å². The summed E-state index contributed by atoms with van der Waals surface area (Å²) in [5.74, 6) is -0.636. The number of nitrogens with zero attached hydrogens (tertiary/aromatic N) is 4. The first-order valence-corrected chi connectivity index (χ1v) is 11.1. The number of carboxylic acid groups (broad SMARTS) is 1. The van der Waals surface area contributed by atoms with Gasteiger partial charge in [-0.2, -0.15) is 0 Å². The van der Waals surface area contributed by atoms with Crippen LogP contribution < -0.4 is 15.8 Å². The fourth-order valence-corrected chi connectivity index (χ4v) is 4.28. The normalized spacial score (nSPS) is 12.4. The van der Waals surface area contributed by atoms with Crippen LogP contribution in [0.4, 0.5) is 10.6 Å². The number of aromatic nitrogens is 4. The van der Waals surface area contributed by atoms with Gasteiger partial charge in [0, 0.05) is 8.47 Å². The summed E-state index contributed by atoms with van der Waals surface area (Å²) in [5, 5.41) is 12.5. The van der Waals surface area contributed by atoms with E-state index in [0.717, 1.165) is 8.47 Å². The predicted octanol–water partition coefficient (Wildman–Crippen LogP) is 3.28. The SMILES string of the molecule is COc1ccc(I)c(Sc2nc3c(N)ncnc3n2C(NC(=O)OC(C)(C)C)C(=O)O)c1. The quantitative estimate of drug-likeness (QED) is 0.375. The topological polar surface area (TPSA) is 154 Å². The number of aliphatic carboxylic acids is 1. The smallest absolute Gasteiger partial charge is 0.409 e. The average molecular weight is 572 g/mol. The van der Waals surface area contributed by atoms with Gasteiger partial charge in [0.15, 0.2) is 22.1 Å². The van der Waals surface area contributed by atoms with Crippen molar-refractivity contribution in [3.05, 3.63) is 28.1 Å². The Bertz CT molecular complexity index is 1180. The fraction of sp³-hybridized carbons (Fsp3) is 0.316. The van der Waals surface area contributed by atoms with Crippen LogP contribution in [0.3, 0.4) is 0 Å². The van der Waals surface area contributed by atoms with Crippen LogP contribution in [0.15, 0.2) is 34.6 Å². The molecule has 11 nitrogen and oxygen atoms in total. The number of carbonyl (C=O) groups excluding carboxylic acids is 1. The van der Waals surface area contributed by atoms with Crippen molar-refractivity contribution in [2.45, 2.75) is 42.6 Å². The average Bonchev–Trinajstić information content (AvgIpc) is 3.05. The molecule has 0 bridgehead atoms. The number of imidazole rings is 1. The number of nitrogen functional groups attached to an aromatic ring is 1. The molecule has 3 aromatic rings. The molecule has 1 aromatic carbocycles. The van der Waals surface area contributed by atoms with E-state index in [4.69, 9.17) is 15.2 Å². The molecule has 2 aromatic heterocycles. The van der Waals surface area contributed by atoms with E-state index in [1.807, 2.05) is 12.1 Å². The van der Waals surface area contributed by atoms with Crippen molar-refractivity contribution >= 4 is 63.4 Å². The number of amides is 1. The maximum Gasteiger partial charge on any atom is 0.409 e. The molecule has 0 saturated carbocycles. The Morgan fingerprint density at radius 3 is 2.66 bits per heavy atom. The van der Waals surface area contributed by atoms with Crippen LogP contribution in [0.5, 0.6) is 5.75 Å². The Hall–Kier alpha value is -2.81. The Morgan fingerprint density at radius 2 is 2.03 bits per heavy atom. The van der Waals surface area contributed by atoms with Crippen LogP contribution in [0.25, 0.3) is 11.2 Å². The van der Waals surface area contributed by atoms with Crippen molar-refractivity contribution in [2.75, 3.05) is 12.8 Å². The number of anilines is 1. The lowest BCUT2D eigenvalue weighted by molar-refractivity contribution is -0.142. The molecule has 170 valence electrons. The lowest BCUT2D eigenvalue weighted by Gasteiger charge is -2.23. The first-order chi connectivity index (χ1) is 15.0. The van der Waals surface area contributed by atoms with Crippen molar-refractivity contribution in [2.24, 2.45) is 0 Å². The van der Waals surface area contributed by atoms with Crippen LogP contribution in [-0.4, -0.2) is 49.4 Å². The molecule has 1 amide bonds. The summed E-state index contributed by atoms with van der Waals surface area (Å²) < 4.78 is 12.7. The molecule has 13 heteroatoms. The van der Waals surface area contributed by atoms with Gasteiger partial charge in [-0.25, -0.2) is 24.5 Å². The number of hydrogen-bond acceptors (Lipinski definition) is 9. The van der Waals surface area contributed by atoms with E-state index in [1.54, 1.807) is 33.9 Å². The molecular weight excluding hydrogens is 551 g/mol. The van der Waals surface area contributed by atoms with Crippen LogP contribution in [0.2, 0.25) is 0 Å². The highest BCUT2D eigenvalue weighted by molar-refractivity contribution is 14.1. The molecule has 0 radical (unpaired) electrons. The molecule has 32 heavy (non-hydrogen) atoms. The van der Waals surface area contributed by atoms with E-state index >= 15 is 0 Å².